The molecule has 1 amide bonds. The second-order valence-corrected chi connectivity index (χ2v) is 6.38. The summed E-state index contributed by atoms with van der Waals surface area (Å²) >= 11 is 1.54. The molecule has 1 saturated carbocycles. The molecule has 0 bridgehead atoms. The fraction of sp³-hybridized carbons (Fsp3) is 0.571. The number of hydrogen-bond acceptors (Lipinski definition) is 3. The molecule has 19 heavy (non-hydrogen) atoms. The van der Waals surface area contributed by atoms with Gasteiger partial charge in [-0.25, -0.2) is 0 Å². The number of hydrogen-bond donors (Lipinski definition) is 2. The molecule has 4 nitrogen and oxygen atoms in total. The first-order valence-corrected chi connectivity index (χ1v) is 7.45. The molecule has 2 unspecified atom stereocenters. The van der Waals surface area contributed by atoms with Crippen LogP contribution < -0.4 is 5.32 Å². The van der Waals surface area contributed by atoms with Gasteiger partial charge in [-0.2, -0.15) is 0 Å². The number of rotatable bonds is 4. The van der Waals surface area contributed by atoms with Crippen molar-refractivity contribution in [2.45, 2.75) is 45.1 Å². The second kappa shape index (κ2) is 5.74. The van der Waals surface area contributed by atoms with E-state index in [-0.39, 0.29) is 11.9 Å². The summed E-state index contributed by atoms with van der Waals surface area (Å²) in [6.07, 6.45) is 3.61. The van der Waals surface area contributed by atoms with Gasteiger partial charge in [-0.3, -0.25) is 9.59 Å². The Labute approximate surface area is 116 Å². The van der Waals surface area contributed by atoms with Crippen molar-refractivity contribution in [3.63, 3.8) is 0 Å². The van der Waals surface area contributed by atoms with Gasteiger partial charge in [-0.1, -0.05) is 18.9 Å². The minimum absolute atomic E-state index is 0.0816. The Morgan fingerprint density at radius 1 is 1.53 bits per heavy atom. The summed E-state index contributed by atoms with van der Waals surface area (Å²) in [6.45, 7) is 1.74. The fourth-order valence-electron chi connectivity index (χ4n) is 2.64. The number of carboxylic acids is 1. The Kier molecular flexibility index (Phi) is 4.24. The van der Waals surface area contributed by atoms with Gasteiger partial charge in [0.1, 0.15) is 0 Å². The van der Waals surface area contributed by atoms with Gasteiger partial charge < -0.3 is 10.4 Å². The van der Waals surface area contributed by atoms with Crippen LogP contribution in [0.2, 0.25) is 0 Å². The predicted molar refractivity (Wildman–Crippen MR) is 74.2 cm³/mol. The molecule has 1 aliphatic rings. The van der Waals surface area contributed by atoms with E-state index >= 15 is 0 Å². The van der Waals surface area contributed by atoms with Gasteiger partial charge in [0, 0.05) is 10.9 Å². The maximum atomic E-state index is 12.0. The van der Waals surface area contributed by atoms with E-state index in [2.05, 4.69) is 5.32 Å². The van der Waals surface area contributed by atoms with Crippen LogP contribution in [0, 0.1) is 5.41 Å². The zero-order chi connectivity index (χ0) is 13.9. The van der Waals surface area contributed by atoms with E-state index < -0.39 is 11.4 Å². The van der Waals surface area contributed by atoms with Crippen LogP contribution in [0.15, 0.2) is 17.5 Å². The Morgan fingerprint density at radius 3 is 2.95 bits per heavy atom. The lowest BCUT2D eigenvalue weighted by Gasteiger charge is -2.38. The molecule has 1 aromatic heterocycles. The number of nitrogens with one attached hydrogen (secondary N) is 1. The Morgan fingerprint density at radius 2 is 2.32 bits per heavy atom. The first-order chi connectivity index (χ1) is 9.02. The number of aliphatic carboxylic acids is 1. The standard InChI is InChI=1S/C14H19NO3S/c1-14(13(17)18)7-3-2-6-11(14)15-12(16)9-10-5-4-8-19-10/h4-5,8,11H,2-3,6-7,9H2,1H3,(H,15,16)(H,17,18). The average molecular weight is 281 g/mol. The summed E-state index contributed by atoms with van der Waals surface area (Å²) < 4.78 is 0. The van der Waals surface area contributed by atoms with E-state index in [4.69, 9.17) is 0 Å². The summed E-state index contributed by atoms with van der Waals surface area (Å²) in [5.41, 5.74) is -0.830. The molecule has 1 heterocycles. The van der Waals surface area contributed by atoms with Gasteiger partial charge in [-0.05, 0) is 31.2 Å². The Hall–Kier alpha value is -1.36. The van der Waals surface area contributed by atoms with E-state index in [0.717, 1.165) is 24.1 Å². The number of amides is 1. The normalized spacial score (nSPS) is 26.9. The van der Waals surface area contributed by atoms with Crippen molar-refractivity contribution in [1.82, 2.24) is 5.32 Å². The van der Waals surface area contributed by atoms with Crippen molar-refractivity contribution < 1.29 is 14.7 Å². The molecule has 0 spiro atoms. The summed E-state index contributed by atoms with van der Waals surface area (Å²) in [5, 5.41) is 14.2. The third-order valence-corrected chi connectivity index (χ3v) is 4.82. The van der Waals surface area contributed by atoms with E-state index in [9.17, 15) is 14.7 Å². The summed E-state index contributed by atoms with van der Waals surface area (Å²) in [5.74, 6) is -0.893. The third kappa shape index (κ3) is 3.15. The van der Waals surface area contributed by atoms with Gasteiger partial charge in [0.2, 0.25) is 5.91 Å². The van der Waals surface area contributed by atoms with Crippen LogP contribution in [0.3, 0.4) is 0 Å². The zero-order valence-corrected chi connectivity index (χ0v) is 11.8. The van der Waals surface area contributed by atoms with Crippen LogP contribution in [0.1, 0.15) is 37.5 Å². The molecule has 2 atom stereocenters. The molecule has 104 valence electrons. The molecule has 5 heteroatoms. The van der Waals surface area contributed by atoms with Gasteiger partial charge >= 0.3 is 5.97 Å². The van der Waals surface area contributed by atoms with E-state index in [1.807, 2.05) is 17.5 Å². The maximum Gasteiger partial charge on any atom is 0.311 e. The van der Waals surface area contributed by atoms with Crippen LogP contribution in [0.4, 0.5) is 0 Å². The largest absolute Gasteiger partial charge is 0.481 e. The maximum absolute atomic E-state index is 12.0. The highest BCUT2D eigenvalue weighted by atomic mass is 32.1. The summed E-state index contributed by atoms with van der Waals surface area (Å²) in [7, 11) is 0. The van der Waals surface area contributed by atoms with E-state index in [1.165, 1.54) is 0 Å². The topological polar surface area (TPSA) is 66.4 Å². The average Bonchev–Trinajstić information content (AvgIpc) is 2.84. The van der Waals surface area contributed by atoms with Gasteiger partial charge in [0.15, 0.2) is 0 Å². The number of carboxylic acid groups (broad SMARTS) is 1. The summed E-state index contributed by atoms with van der Waals surface area (Å²) in [6, 6.07) is 3.57. The van der Waals surface area contributed by atoms with Gasteiger partial charge in [-0.15, -0.1) is 11.3 Å². The summed E-state index contributed by atoms with van der Waals surface area (Å²) in [4.78, 5) is 24.4. The monoisotopic (exact) mass is 281 g/mol. The van der Waals surface area contributed by atoms with E-state index in [1.54, 1.807) is 18.3 Å². The lowest BCUT2D eigenvalue weighted by Crippen LogP contribution is -2.52. The highest BCUT2D eigenvalue weighted by molar-refractivity contribution is 7.10. The molecule has 0 radical (unpaired) electrons. The van der Waals surface area contributed by atoms with Crippen LogP contribution in [0.5, 0.6) is 0 Å². The molecule has 1 fully saturated rings. The quantitative estimate of drug-likeness (QED) is 0.891. The van der Waals surface area contributed by atoms with Crippen molar-refractivity contribution in [1.29, 1.82) is 0 Å². The molecule has 2 rings (SSSR count). The Bertz CT molecular complexity index is 457. The molecule has 0 saturated heterocycles. The lowest BCUT2D eigenvalue weighted by molar-refractivity contribution is -0.152. The van der Waals surface area contributed by atoms with Crippen molar-refractivity contribution >= 4 is 23.2 Å². The minimum atomic E-state index is -0.830. The van der Waals surface area contributed by atoms with Gasteiger partial charge in [0.05, 0.1) is 11.8 Å². The Balaban J connectivity index is 1.99. The zero-order valence-electron chi connectivity index (χ0n) is 11.0. The third-order valence-electron chi connectivity index (χ3n) is 3.95. The number of carbonyl (C=O) groups excluding carboxylic acids is 1. The highest BCUT2D eigenvalue weighted by Crippen LogP contribution is 2.36. The van der Waals surface area contributed by atoms with Crippen LogP contribution in [-0.4, -0.2) is 23.0 Å². The predicted octanol–water partition coefficient (Wildman–Crippen LogP) is 2.44. The van der Waals surface area contributed by atoms with E-state index in [0.29, 0.717) is 12.8 Å². The molecular weight excluding hydrogens is 262 g/mol. The minimum Gasteiger partial charge on any atom is -0.481 e. The molecule has 1 aliphatic carbocycles. The number of thiophene rings is 1. The van der Waals surface area contributed by atoms with Crippen LogP contribution in [0.25, 0.3) is 0 Å². The van der Waals surface area contributed by atoms with Crippen LogP contribution in [-0.2, 0) is 16.0 Å². The first-order valence-electron chi connectivity index (χ1n) is 6.57. The van der Waals surface area contributed by atoms with Gasteiger partial charge in [0.25, 0.3) is 0 Å². The smallest absolute Gasteiger partial charge is 0.311 e. The lowest BCUT2D eigenvalue weighted by atomic mass is 9.71. The van der Waals surface area contributed by atoms with Crippen molar-refractivity contribution in [3.8, 4) is 0 Å². The first kappa shape index (κ1) is 14.1. The molecule has 0 aliphatic heterocycles. The molecule has 0 aromatic carbocycles. The molecule has 1 aromatic rings. The SMILES string of the molecule is CC1(C(=O)O)CCCCC1NC(=O)Cc1cccs1. The molecule has 2 N–H and O–H groups in total. The number of carbonyl (C=O) groups is 2. The van der Waals surface area contributed by atoms with Crippen molar-refractivity contribution in [3.05, 3.63) is 22.4 Å². The molecular formula is C14H19NO3S. The second-order valence-electron chi connectivity index (χ2n) is 5.34. The van der Waals surface area contributed by atoms with Crippen molar-refractivity contribution in [2.24, 2.45) is 5.41 Å². The highest BCUT2D eigenvalue weighted by Gasteiger charge is 2.43. The van der Waals surface area contributed by atoms with Crippen LogP contribution >= 0.6 is 11.3 Å². The fourth-order valence-corrected chi connectivity index (χ4v) is 3.34. The van der Waals surface area contributed by atoms with Crippen molar-refractivity contribution in [2.75, 3.05) is 0 Å².